The van der Waals surface area contributed by atoms with E-state index in [0.29, 0.717) is 0 Å². The van der Waals surface area contributed by atoms with Crippen LogP contribution in [0, 0.1) is 0 Å². The van der Waals surface area contributed by atoms with Crippen molar-refractivity contribution in [3.05, 3.63) is 109 Å². The summed E-state index contributed by atoms with van der Waals surface area (Å²) in [4.78, 5) is 0. The Labute approximate surface area is 413 Å². The molecule has 0 atom stereocenters. The summed E-state index contributed by atoms with van der Waals surface area (Å²) in [6.45, 7) is 9.13. The van der Waals surface area contributed by atoms with Crippen molar-refractivity contribution in [2.75, 3.05) is 40.7 Å². The topological polar surface area (TPSA) is 74.8 Å². The smallest absolute Gasteiger partial charge is 0.210 e. The lowest BCUT2D eigenvalue weighted by Gasteiger charge is -2.02. The molecule has 8 heteroatoms. The summed E-state index contributed by atoms with van der Waals surface area (Å²) in [6.07, 6.45) is 34.2. The molecule has 4 aromatic carbocycles. The first-order valence-electron chi connectivity index (χ1n) is 23.9. The highest BCUT2D eigenvalue weighted by atomic mass is 32.2. The molecule has 0 bridgehead atoms. The second-order valence-corrected chi connectivity index (χ2v) is 20.9. The lowest BCUT2D eigenvalue weighted by molar-refractivity contribution is 0.526. The molecule has 0 spiro atoms. The van der Waals surface area contributed by atoms with Gasteiger partial charge in [-0.25, -0.2) is 25.4 Å². The second kappa shape index (κ2) is 51.4. The molecule has 0 amide bonds. The van der Waals surface area contributed by atoms with Crippen LogP contribution < -0.4 is 0 Å². The van der Waals surface area contributed by atoms with Crippen molar-refractivity contribution >= 4 is 30.8 Å². The van der Waals surface area contributed by atoms with Crippen molar-refractivity contribution in [1.29, 1.82) is 0 Å². The highest BCUT2D eigenvalue weighted by molar-refractivity contribution is 7.88. The van der Waals surface area contributed by atoms with Crippen LogP contribution in [0.25, 0.3) is 21.9 Å². The quantitative estimate of drug-likeness (QED) is 0.0694. The van der Waals surface area contributed by atoms with Gasteiger partial charge in [0.15, 0.2) is 0 Å². The van der Waals surface area contributed by atoms with E-state index in [-0.39, 0.29) is 29.7 Å². The monoisotopic (exact) mass is 961 g/mol. The van der Waals surface area contributed by atoms with Gasteiger partial charge in [0.25, 0.3) is 0 Å². The van der Waals surface area contributed by atoms with Gasteiger partial charge < -0.3 is 0 Å². The van der Waals surface area contributed by atoms with Gasteiger partial charge in [-0.2, -0.15) is 0 Å². The molecular formula is C58H108N2O4S2. The molecule has 386 valence electrons. The van der Waals surface area contributed by atoms with Crippen molar-refractivity contribution in [3.63, 3.8) is 0 Å². The molecule has 0 radical (unpaired) electrons. The number of nitrogens with zero attached hydrogens (tertiary/aromatic N) is 2. The zero-order valence-electron chi connectivity index (χ0n) is 41.3. The normalized spacial score (nSPS) is 10.1. The van der Waals surface area contributed by atoms with E-state index in [4.69, 9.17) is 0 Å². The van der Waals surface area contributed by atoms with Crippen molar-refractivity contribution in [1.82, 2.24) is 8.61 Å². The fraction of sp³-hybridized carbons (Fsp3) is 0.621. The first-order valence-corrected chi connectivity index (χ1v) is 27.6. The molecule has 4 rings (SSSR count). The predicted octanol–water partition coefficient (Wildman–Crippen LogP) is 18.4. The van der Waals surface area contributed by atoms with Crippen LogP contribution >= 0.6 is 0 Å². The standard InChI is InChI=1S/2C13H28.C12H10.C10H8.2C3H9NO2S.4CH4/c2*1-3-5-7-9-11-13-12-10-8-6-4-2;1-3-7-11(8-4-1)12-9-5-2-6-10-12;1-2-6-10-8-4-3-7-9(10)5-1;2*1-4(2)7(3,5)6;;;;/h2*3-13H2,1-2H3;1-10H;1-8H;2*1-3H3;4*1H4. The maximum absolute atomic E-state index is 10.3. The molecule has 66 heavy (non-hydrogen) atoms. The molecule has 0 aliphatic heterocycles. The first kappa shape index (κ1) is 74.5. The summed E-state index contributed by atoms with van der Waals surface area (Å²) in [5.41, 5.74) is 2.55. The van der Waals surface area contributed by atoms with E-state index in [1.165, 1.54) is 191 Å². The van der Waals surface area contributed by atoms with E-state index >= 15 is 0 Å². The third-order valence-corrected chi connectivity index (χ3v) is 12.9. The molecule has 0 fully saturated rings. The number of rotatable bonds is 23. The summed E-state index contributed by atoms with van der Waals surface area (Å²) < 4.78 is 43.3. The minimum Gasteiger partial charge on any atom is -0.213 e. The molecule has 0 unspecified atom stereocenters. The van der Waals surface area contributed by atoms with Gasteiger partial charge in [0.2, 0.25) is 20.0 Å². The third-order valence-electron chi connectivity index (χ3n) is 10.3. The number of benzene rings is 4. The minimum atomic E-state index is -2.91. The Bertz CT molecular complexity index is 1570. The van der Waals surface area contributed by atoms with Crippen LogP contribution in [-0.2, 0) is 20.0 Å². The zero-order valence-corrected chi connectivity index (χ0v) is 42.9. The van der Waals surface area contributed by atoms with Gasteiger partial charge in [0.1, 0.15) is 0 Å². The molecule has 0 saturated heterocycles. The number of fused-ring (bicyclic) bond motifs is 1. The van der Waals surface area contributed by atoms with E-state index < -0.39 is 20.0 Å². The molecule has 4 aromatic rings. The molecule has 0 aliphatic rings. The lowest BCUT2D eigenvalue weighted by Crippen LogP contribution is -2.19. The summed E-state index contributed by atoms with van der Waals surface area (Å²) in [6, 6.07) is 37.5. The van der Waals surface area contributed by atoms with Crippen molar-refractivity contribution in [2.24, 2.45) is 0 Å². The molecule has 0 aliphatic carbocycles. The molecular weight excluding hydrogens is 853 g/mol. The third kappa shape index (κ3) is 48.9. The van der Waals surface area contributed by atoms with Gasteiger partial charge >= 0.3 is 0 Å². The number of hydrogen-bond acceptors (Lipinski definition) is 4. The van der Waals surface area contributed by atoms with Crippen LogP contribution in [0.3, 0.4) is 0 Å². The Morgan fingerprint density at radius 2 is 0.455 bits per heavy atom. The maximum atomic E-state index is 10.3. The van der Waals surface area contributed by atoms with Crippen LogP contribution in [0.15, 0.2) is 109 Å². The Kier molecular flexibility index (Phi) is 58.0. The molecule has 0 saturated carbocycles. The van der Waals surface area contributed by atoms with Gasteiger partial charge in [0.05, 0.1) is 12.5 Å². The van der Waals surface area contributed by atoms with Crippen molar-refractivity contribution in [3.8, 4) is 11.1 Å². The minimum absolute atomic E-state index is 0. The number of hydrogen-bond donors (Lipinski definition) is 0. The fourth-order valence-electron chi connectivity index (χ4n) is 5.87. The second-order valence-electron chi connectivity index (χ2n) is 16.5. The molecule has 0 aromatic heterocycles. The number of sulfonamides is 2. The van der Waals surface area contributed by atoms with E-state index in [1.807, 2.05) is 12.1 Å². The highest BCUT2D eigenvalue weighted by Crippen LogP contribution is 2.17. The van der Waals surface area contributed by atoms with Gasteiger partial charge in [0, 0.05) is 28.2 Å². The fourth-order valence-corrected chi connectivity index (χ4v) is 5.87. The van der Waals surface area contributed by atoms with Crippen LogP contribution in [0.4, 0.5) is 0 Å². The molecule has 6 nitrogen and oxygen atoms in total. The summed E-state index contributed by atoms with van der Waals surface area (Å²) >= 11 is 0. The lowest BCUT2D eigenvalue weighted by atomic mass is 10.1. The highest BCUT2D eigenvalue weighted by Gasteiger charge is 2.02. The Morgan fingerprint density at radius 1 is 0.303 bits per heavy atom. The van der Waals surface area contributed by atoms with E-state index in [1.54, 1.807) is 0 Å². The Morgan fingerprint density at radius 3 is 0.606 bits per heavy atom. The maximum Gasteiger partial charge on any atom is 0.210 e. The average Bonchev–Trinajstić information content (AvgIpc) is 3.26. The SMILES string of the molecule is C.C.C.C.CCCCCCCCCCCCC.CCCCCCCCCCCCC.CN(C)S(C)(=O)=O.CN(C)S(C)(=O)=O.c1ccc(-c2ccccc2)cc1.c1ccc2ccccc2c1. The summed E-state index contributed by atoms with van der Waals surface area (Å²) in [7, 11) is 0.167. The van der Waals surface area contributed by atoms with Gasteiger partial charge in [-0.3, -0.25) is 0 Å². The van der Waals surface area contributed by atoms with E-state index in [2.05, 4.69) is 125 Å². The van der Waals surface area contributed by atoms with Crippen LogP contribution in [0.2, 0.25) is 0 Å². The van der Waals surface area contributed by atoms with E-state index in [9.17, 15) is 16.8 Å². The van der Waals surface area contributed by atoms with Gasteiger partial charge in [-0.05, 0) is 21.9 Å². The summed E-state index contributed by atoms with van der Waals surface area (Å²) in [5.74, 6) is 0. The van der Waals surface area contributed by atoms with E-state index in [0.717, 1.165) is 21.1 Å². The largest absolute Gasteiger partial charge is 0.213 e. The van der Waals surface area contributed by atoms with Crippen LogP contribution in [-0.4, -0.2) is 66.1 Å². The zero-order chi connectivity index (χ0) is 46.7. The van der Waals surface area contributed by atoms with Gasteiger partial charge in [-0.1, -0.05) is 308 Å². The predicted molar refractivity (Wildman–Crippen MR) is 304 cm³/mol. The Hall–Kier alpha value is -3.04. The first-order chi connectivity index (χ1) is 29.6. The van der Waals surface area contributed by atoms with Crippen molar-refractivity contribution < 1.29 is 16.8 Å². The molecule has 0 N–H and O–H groups in total. The van der Waals surface area contributed by atoms with Crippen LogP contribution in [0.5, 0.6) is 0 Å². The van der Waals surface area contributed by atoms with Gasteiger partial charge in [-0.15, -0.1) is 0 Å². The average molecular weight is 962 g/mol. The van der Waals surface area contributed by atoms with Crippen LogP contribution in [0.1, 0.15) is 199 Å². The number of unbranched alkanes of at least 4 members (excludes halogenated alkanes) is 20. The Balaban J connectivity index is -0.000000164. The van der Waals surface area contributed by atoms with Crippen molar-refractivity contribution in [2.45, 2.75) is 199 Å². The molecule has 0 heterocycles. The summed E-state index contributed by atoms with van der Waals surface area (Å²) in [5, 5.41) is 2.62.